The van der Waals surface area contributed by atoms with E-state index in [2.05, 4.69) is 21.2 Å². The number of esters is 1. The molecule has 0 aromatic heterocycles. The average Bonchev–Trinajstić information content (AvgIpc) is 2.49. The average molecular weight is 348 g/mol. The van der Waals surface area contributed by atoms with Gasteiger partial charge < -0.3 is 10.1 Å². The van der Waals surface area contributed by atoms with Crippen LogP contribution >= 0.6 is 15.9 Å². The molecule has 0 heterocycles. The Morgan fingerprint density at radius 3 is 2.38 bits per heavy atom. The van der Waals surface area contributed by atoms with E-state index >= 15 is 0 Å². The van der Waals surface area contributed by atoms with Gasteiger partial charge in [-0.05, 0) is 42.8 Å². The van der Waals surface area contributed by atoms with E-state index in [4.69, 9.17) is 4.74 Å². The van der Waals surface area contributed by atoms with E-state index in [1.54, 1.807) is 30.3 Å². The first-order valence-corrected chi connectivity index (χ1v) is 7.07. The molecule has 5 heteroatoms. The molecule has 1 N–H and O–H groups in total. The summed E-state index contributed by atoms with van der Waals surface area (Å²) in [7, 11) is 1.29. The molecule has 21 heavy (non-hydrogen) atoms. The third-order valence-electron chi connectivity index (χ3n) is 3.01. The van der Waals surface area contributed by atoms with E-state index < -0.39 is 5.97 Å². The Morgan fingerprint density at radius 2 is 1.76 bits per heavy atom. The lowest BCUT2D eigenvalue weighted by Crippen LogP contribution is -2.17. The van der Waals surface area contributed by atoms with Crippen LogP contribution in [0.15, 0.2) is 46.9 Å². The number of benzene rings is 2. The van der Waals surface area contributed by atoms with Crippen molar-refractivity contribution in [3.8, 4) is 0 Å². The van der Waals surface area contributed by atoms with Crippen LogP contribution < -0.4 is 5.32 Å². The van der Waals surface area contributed by atoms with Gasteiger partial charge >= 0.3 is 5.97 Å². The fourth-order valence-electron chi connectivity index (χ4n) is 1.93. The highest BCUT2D eigenvalue weighted by Gasteiger charge is 2.17. The van der Waals surface area contributed by atoms with Gasteiger partial charge in [0.05, 0.1) is 18.2 Å². The van der Waals surface area contributed by atoms with E-state index in [1.807, 2.05) is 19.1 Å². The number of halogens is 1. The van der Waals surface area contributed by atoms with Gasteiger partial charge in [0.1, 0.15) is 0 Å². The number of amides is 1. The quantitative estimate of drug-likeness (QED) is 0.859. The summed E-state index contributed by atoms with van der Waals surface area (Å²) in [4.78, 5) is 24.1. The second kappa shape index (κ2) is 6.54. The number of ether oxygens (including phenoxy) is 1. The lowest BCUT2D eigenvalue weighted by atomic mass is 10.1. The van der Waals surface area contributed by atoms with Crippen LogP contribution in [0.4, 0.5) is 5.69 Å². The van der Waals surface area contributed by atoms with Crippen molar-refractivity contribution in [2.75, 3.05) is 12.4 Å². The minimum Gasteiger partial charge on any atom is -0.465 e. The molecule has 2 aromatic rings. The van der Waals surface area contributed by atoms with Crippen molar-refractivity contribution >= 4 is 33.5 Å². The molecule has 0 atom stereocenters. The van der Waals surface area contributed by atoms with Crippen molar-refractivity contribution in [3.63, 3.8) is 0 Å². The lowest BCUT2D eigenvalue weighted by Gasteiger charge is -2.11. The Kier molecular flexibility index (Phi) is 4.75. The number of hydrogen-bond acceptors (Lipinski definition) is 3. The Balaban J connectivity index is 2.31. The van der Waals surface area contributed by atoms with Crippen LogP contribution in [0.1, 0.15) is 26.3 Å². The highest BCUT2D eigenvalue weighted by Crippen LogP contribution is 2.21. The number of nitrogens with one attached hydrogen (secondary N) is 1. The van der Waals surface area contributed by atoms with Gasteiger partial charge in [-0.3, -0.25) is 4.79 Å². The minimum atomic E-state index is -0.534. The zero-order chi connectivity index (χ0) is 15.4. The summed E-state index contributed by atoms with van der Waals surface area (Å²) >= 11 is 3.37. The highest BCUT2D eigenvalue weighted by molar-refractivity contribution is 9.10. The maximum atomic E-state index is 12.4. The maximum Gasteiger partial charge on any atom is 0.338 e. The first-order valence-electron chi connectivity index (χ1n) is 6.27. The largest absolute Gasteiger partial charge is 0.465 e. The molecule has 4 nitrogen and oxygen atoms in total. The van der Waals surface area contributed by atoms with E-state index in [-0.39, 0.29) is 17.0 Å². The molecule has 0 saturated heterocycles. The zero-order valence-electron chi connectivity index (χ0n) is 11.6. The summed E-state index contributed by atoms with van der Waals surface area (Å²) < 4.78 is 5.63. The predicted octanol–water partition coefficient (Wildman–Crippen LogP) is 3.80. The molecule has 0 aliphatic heterocycles. The van der Waals surface area contributed by atoms with Crippen LogP contribution in [0.2, 0.25) is 0 Å². The van der Waals surface area contributed by atoms with Gasteiger partial charge in [-0.2, -0.15) is 0 Å². The standard InChI is InChI=1S/C16H14BrNO3/c1-10-9-11(17)7-8-14(10)18-15(19)12-5-3-4-6-13(12)16(20)21-2/h3-9H,1-2H3,(H,18,19). The van der Waals surface area contributed by atoms with Crippen molar-refractivity contribution < 1.29 is 14.3 Å². The van der Waals surface area contributed by atoms with E-state index in [1.165, 1.54) is 7.11 Å². The van der Waals surface area contributed by atoms with Gasteiger partial charge in [-0.25, -0.2) is 4.79 Å². The first-order chi connectivity index (χ1) is 10.0. The third-order valence-corrected chi connectivity index (χ3v) is 3.51. The Morgan fingerprint density at radius 1 is 1.10 bits per heavy atom. The topological polar surface area (TPSA) is 55.4 Å². The van der Waals surface area contributed by atoms with E-state index in [0.717, 1.165) is 10.0 Å². The number of hydrogen-bond donors (Lipinski definition) is 1. The summed E-state index contributed by atoms with van der Waals surface area (Å²) in [6.45, 7) is 1.90. The summed E-state index contributed by atoms with van der Waals surface area (Å²) in [5.74, 6) is -0.880. The zero-order valence-corrected chi connectivity index (χ0v) is 13.2. The molecule has 2 rings (SSSR count). The molecule has 108 valence electrons. The molecular weight excluding hydrogens is 334 g/mol. The number of methoxy groups -OCH3 is 1. The second-order valence-corrected chi connectivity index (χ2v) is 5.37. The molecule has 0 aliphatic rings. The van der Waals surface area contributed by atoms with Gasteiger partial charge in [0.15, 0.2) is 0 Å². The Labute approximate surface area is 131 Å². The number of carbonyl (C=O) groups excluding carboxylic acids is 2. The van der Waals surface area contributed by atoms with Crippen molar-refractivity contribution in [2.45, 2.75) is 6.92 Å². The first kappa shape index (κ1) is 15.3. The van der Waals surface area contributed by atoms with Crippen LogP contribution in [0.25, 0.3) is 0 Å². The molecule has 0 spiro atoms. The molecule has 0 aliphatic carbocycles. The van der Waals surface area contributed by atoms with Crippen LogP contribution in [0, 0.1) is 6.92 Å². The molecule has 1 amide bonds. The summed E-state index contributed by atoms with van der Waals surface area (Å²) in [6.07, 6.45) is 0. The normalized spacial score (nSPS) is 10.0. The minimum absolute atomic E-state index is 0.243. The van der Waals surface area contributed by atoms with Crippen molar-refractivity contribution in [1.29, 1.82) is 0 Å². The molecule has 0 fully saturated rings. The highest BCUT2D eigenvalue weighted by atomic mass is 79.9. The van der Waals surface area contributed by atoms with E-state index in [0.29, 0.717) is 5.69 Å². The van der Waals surface area contributed by atoms with Gasteiger partial charge in [-0.1, -0.05) is 28.1 Å². The van der Waals surface area contributed by atoms with Gasteiger partial charge in [0, 0.05) is 10.2 Å². The Hall–Kier alpha value is -2.14. The summed E-state index contributed by atoms with van der Waals surface area (Å²) in [5.41, 5.74) is 2.15. The van der Waals surface area contributed by atoms with Crippen LogP contribution in [-0.2, 0) is 4.74 Å². The van der Waals surface area contributed by atoms with Crippen LogP contribution in [0.3, 0.4) is 0 Å². The van der Waals surface area contributed by atoms with Gasteiger partial charge in [0.25, 0.3) is 5.91 Å². The third kappa shape index (κ3) is 3.49. The van der Waals surface area contributed by atoms with Crippen molar-refractivity contribution in [2.24, 2.45) is 0 Å². The fraction of sp³-hybridized carbons (Fsp3) is 0.125. The maximum absolute atomic E-state index is 12.4. The van der Waals surface area contributed by atoms with Crippen LogP contribution in [0.5, 0.6) is 0 Å². The molecule has 0 bridgehead atoms. The molecule has 2 aromatic carbocycles. The number of carbonyl (C=O) groups is 2. The van der Waals surface area contributed by atoms with Gasteiger partial charge in [-0.15, -0.1) is 0 Å². The van der Waals surface area contributed by atoms with Crippen molar-refractivity contribution in [1.82, 2.24) is 0 Å². The predicted molar refractivity (Wildman–Crippen MR) is 84.6 cm³/mol. The molecule has 0 radical (unpaired) electrons. The second-order valence-electron chi connectivity index (χ2n) is 4.45. The van der Waals surface area contributed by atoms with Crippen molar-refractivity contribution in [3.05, 3.63) is 63.6 Å². The summed E-state index contributed by atoms with van der Waals surface area (Å²) in [5, 5.41) is 2.81. The van der Waals surface area contributed by atoms with Gasteiger partial charge in [0.2, 0.25) is 0 Å². The molecule has 0 unspecified atom stereocenters. The molecule has 0 saturated carbocycles. The van der Waals surface area contributed by atoms with Crippen LogP contribution in [-0.4, -0.2) is 19.0 Å². The number of anilines is 1. The smallest absolute Gasteiger partial charge is 0.338 e. The number of aryl methyl sites for hydroxylation is 1. The number of rotatable bonds is 3. The Bertz CT molecular complexity index is 698. The summed E-state index contributed by atoms with van der Waals surface area (Å²) in [6, 6.07) is 12.1. The monoisotopic (exact) mass is 347 g/mol. The SMILES string of the molecule is COC(=O)c1ccccc1C(=O)Nc1ccc(Br)cc1C. The van der Waals surface area contributed by atoms with E-state index in [9.17, 15) is 9.59 Å². The molecular formula is C16H14BrNO3. The lowest BCUT2D eigenvalue weighted by molar-refractivity contribution is 0.0597. The fourth-order valence-corrected chi connectivity index (χ4v) is 2.40.